The van der Waals surface area contributed by atoms with Crippen molar-refractivity contribution in [1.29, 1.82) is 0 Å². The number of aryl methyl sites for hydroxylation is 2. The van der Waals surface area contributed by atoms with Gasteiger partial charge in [0.2, 0.25) is 5.91 Å². The van der Waals surface area contributed by atoms with Crippen LogP contribution in [-0.2, 0) is 4.79 Å². The minimum atomic E-state index is 0.0765. The van der Waals surface area contributed by atoms with Crippen LogP contribution in [0.3, 0.4) is 0 Å². The number of thioether (sulfide) groups is 1. The number of nitrogens with one attached hydrogen (secondary N) is 2. The summed E-state index contributed by atoms with van der Waals surface area (Å²) in [5, 5.41) is 6.40. The molecule has 0 radical (unpaired) electrons. The van der Waals surface area contributed by atoms with Crippen molar-refractivity contribution < 1.29 is 4.79 Å². The summed E-state index contributed by atoms with van der Waals surface area (Å²) < 4.78 is 0.948. The minimum absolute atomic E-state index is 0.0765. The summed E-state index contributed by atoms with van der Waals surface area (Å²) in [5.74, 6) is 2.23. The van der Waals surface area contributed by atoms with Crippen molar-refractivity contribution >= 4 is 39.3 Å². The number of benzene rings is 1. The Kier molecular flexibility index (Phi) is 5.30. The Morgan fingerprint density at radius 3 is 2.95 bits per heavy atom. The van der Waals surface area contributed by atoms with E-state index in [4.69, 9.17) is 0 Å². The van der Waals surface area contributed by atoms with E-state index in [1.54, 1.807) is 0 Å². The van der Waals surface area contributed by atoms with Gasteiger partial charge in [0.1, 0.15) is 0 Å². The lowest BCUT2D eigenvalue weighted by atomic mass is 10.1. The van der Waals surface area contributed by atoms with E-state index in [2.05, 4.69) is 32.6 Å². The number of rotatable bonds is 3. The van der Waals surface area contributed by atoms with Crippen LogP contribution in [0.25, 0.3) is 0 Å². The first-order valence-corrected chi connectivity index (χ1v) is 8.39. The molecule has 104 valence electrons. The van der Waals surface area contributed by atoms with Crippen molar-refractivity contribution in [3.63, 3.8) is 0 Å². The Morgan fingerprint density at radius 2 is 2.32 bits per heavy atom. The molecular weight excluding hydrogens is 324 g/mol. The Balaban J connectivity index is 1.98. The van der Waals surface area contributed by atoms with Gasteiger partial charge >= 0.3 is 0 Å². The molecule has 5 heteroatoms. The Bertz CT molecular complexity index is 450. The van der Waals surface area contributed by atoms with Crippen LogP contribution in [0.2, 0.25) is 0 Å². The predicted octanol–water partition coefficient (Wildman–Crippen LogP) is 3.10. The summed E-state index contributed by atoms with van der Waals surface area (Å²) in [4.78, 5) is 12.1. The quantitative estimate of drug-likeness (QED) is 0.886. The zero-order valence-corrected chi connectivity index (χ0v) is 13.7. The first kappa shape index (κ1) is 14.9. The number of hydrogen-bond acceptors (Lipinski definition) is 3. The van der Waals surface area contributed by atoms with Crippen LogP contribution in [0.5, 0.6) is 0 Å². The van der Waals surface area contributed by atoms with E-state index in [1.807, 2.05) is 31.7 Å². The van der Waals surface area contributed by atoms with E-state index in [1.165, 1.54) is 5.56 Å². The van der Waals surface area contributed by atoms with Crippen molar-refractivity contribution in [2.75, 3.05) is 23.4 Å². The maximum Gasteiger partial charge on any atom is 0.226 e. The smallest absolute Gasteiger partial charge is 0.226 e. The van der Waals surface area contributed by atoms with Crippen LogP contribution in [0.4, 0.5) is 5.69 Å². The highest BCUT2D eigenvalue weighted by atomic mass is 79.9. The standard InChI is InChI=1S/C14H19BrN2OS/c1-9-5-10(2)14(12(15)6-9)17-13(18)7-11-8-19-4-3-16-11/h5-6,11,16H,3-4,7-8H2,1-2H3,(H,17,18). The van der Waals surface area contributed by atoms with Gasteiger partial charge in [-0.05, 0) is 47.0 Å². The second-order valence-electron chi connectivity index (χ2n) is 4.92. The molecule has 0 bridgehead atoms. The van der Waals surface area contributed by atoms with Gasteiger partial charge in [-0.3, -0.25) is 4.79 Å². The molecule has 1 amide bonds. The van der Waals surface area contributed by atoms with Crippen LogP contribution >= 0.6 is 27.7 Å². The fourth-order valence-electron chi connectivity index (χ4n) is 2.24. The fourth-order valence-corrected chi connectivity index (χ4v) is 3.96. The normalized spacial score (nSPS) is 19.2. The molecule has 1 saturated heterocycles. The largest absolute Gasteiger partial charge is 0.325 e. The van der Waals surface area contributed by atoms with Crippen molar-refractivity contribution in [2.24, 2.45) is 0 Å². The van der Waals surface area contributed by atoms with E-state index >= 15 is 0 Å². The lowest BCUT2D eigenvalue weighted by Gasteiger charge is -2.22. The third-order valence-electron chi connectivity index (χ3n) is 3.13. The summed E-state index contributed by atoms with van der Waals surface area (Å²) in [5.41, 5.74) is 3.16. The Labute approximate surface area is 127 Å². The summed E-state index contributed by atoms with van der Waals surface area (Å²) in [6.45, 7) is 5.06. The van der Waals surface area contributed by atoms with Crippen molar-refractivity contribution in [2.45, 2.75) is 26.3 Å². The van der Waals surface area contributed by atoms with Gasteiger partial charge in [0.15, 0.2) is 0 Å². The van der Waals surface area contributed by atoms with E-state index in [0.717, 1.165) is 33.8 Å². The number of anilines is 1. The number of carbonyl (C=O) groups excluding carboxylic acids is 1. The predicted molar refractivity (Wildman–Crippen MR) is 86.0 cm³/mol. The van der Waals surface area contributed by atoms with Crippen LogP contribution in [0, 0.1) is 13.8 Å². The highest BCUT2D eigenvalue weighted by Gasteiger charge is 2.17. The lowest BCUT2D eigenvalue weighted by molar-refractivity contribution is -0.116. The molecular formula is C14H19BrN2OS. The average Bonchev–Trinajstić information content (AvgIpc) is 2.35. The molecule has 1 fully saturated rings. The van der Waals surface area contributed by atoms with Gasteiger partial charge in [0.05, 0.1) is 5.69 Å². The molecule has 1 unspecified atom stereocenters. The molecule has 1 heterocycles. The summed E-state index contributed by atoms with van der Waals surface area (Å²) in [6.07, 6.45) is 0.534. The molecule has 0 saturated carbocycles. The van der Waals surface area contributed by atoms with Gasteiger partial charge in [-0.1, -0.05) is 6.07 Å². The number of hydrogen-bond donors (Lipinski definition) is 2. The summed E-state index contributed by atoms with van der Waals surface area (Å²) in [7, 11) is 0. The number of amides is 1. The van der Waals surface area contributed by atoms with E-state index in [0.29, 0.717) is 12.5 Å². The number of halogens is 1. The topological polar surface area (TPSA) is 41.1 Å². The molecule has 2 rings (SSSR count). The maximum absolute atomic E-state index is 12.1. The molecule has 0 aromatic heterocycles. The molecule has 3 nitrogen and oxygen atoms in total. The third-order valence-corrected chi connectivity index (χ3v) is 4.88. The minimum Gasteiger partial charge on any atom is -0.325 e. The molecule has 1 aromatic carbocycles. The third kappa shape index (κ3) is 4.23. The van der Waals surface area contributed by atoms with Crippen LogP contribution in [0.1, 0.15) is 17.5 Å². The van der Waals surface area contributed by atoms with Crippen LogP contribution < -0.4 is 10.6 Å². The van der Waals surface area contributed by atoms with Crippen molar-refractivity contribution in [1.82, 2.24) is 5.32 Å². The van der Waals surface area contributed by atoms with Gasteiger partial charge in [0, 0.05) is 35.0 Å². The zero-order chi connectivity index (χ0) is 13.8. The summed E-state index contributed by atoms with van der Waals surface area (Å²) >= 11 is 5.42. The monoisotopic (exact) mass is 342 g/mol. The zero-order valence-electron chi connectivity index (χ0n) is 11.3. The SMILES string of the molecule is Cc1cc(C)c(NC(=O)CC2CSCCN2)c(Br)c1. The highest BCUT2D eigenvalue weighted by molar-refractivity contribution is 9.10. The first-order valence-electron chi connectivity index (χ1n) is 6.44. The van der Waals surface area contributed by atoms with Gasteiger partial charge in [-0.25, -0.2) is 0 Å². The molecule has 0 aliphatic carbocycles. The first-order chi connectivity index (χ1) is 9.06. The molecule has 1 aliphatic heterocycles. The average molecular weight is 343 g/mol. The molecule has 2 N–H and O–H groups in total. The molecule has 0 spiro atoms. The molecule has 1 aromatic rings. The second kappa shape index (κ2) is 6.77. The van der Waals surface area contributed by atoms with Crippen molar-refractivity contribution in [3.8, 4) is 0 Å². The molecule has 1 atom stereocenters. The molecule has 19 heavy (non-hydrogen) atoms. The summed E-state index contributed by atoms with van der Waals surface area (Å²) in [6, 6.07) is 4.40. The van der Waals surface area contributed by atoms with Crippen LogP contribution in [-0.4, -0.2) is 30.0 Å². The van der Waals surface area contributed by atoms with E-state index < -0.39 is 0 Å². The van der Waals surface area contributed by atoms with E-state index in [9.17, 15) is 4.79 Å². The van der Waals surface area contributed by atoms with Gasteiger partial charge in [-0.15, -0.1) is 0 Å². The number of carbonyl (C=O) groups is 1. The van der Waals surface area contributed by atoms with Gasteiger partial charge in [-0.2, -0.15) is 11.8 Å². The van der Waals surface area contributed by atoms with Crippen LogP contribution in [0.15, 0.2) is 16.6 Å². The van der Waals surface area contributed by atoms with Gasteiger partial charge in [0.25, 0.3) is 0 Å². The van der Waals surface area contributed by atoms with Gasteiger partial charge < -0.3 is 10.6 Å². The van der Waals surface area contributed by atoms with Crippen molar-refractivity contribution in [3.05, 3.63) is 27.7 Å². The molecule has 1 aliphatic rings. The Hall–Kier alpha value is -0.520. The lowest BCUT2D eigenvalue weighted by Crippen LogP contribution is -2.40. The Morgan fingerprint density at radius 1 is 1.53 bits per heavy atom. The van der Waals surface area contributed by atoms with E-state index in [-0.39, 0.29) is 5.91 Å². The highest BCUT2D eigenvalue weighted by Crippen LogP contribution is 2.28. The fraction of sp³-hybridized carbons (Fsp3) is 0.500. The maximum atomic E-state index is 12.1. The second-order valence-corrected chi connectivity index (χ2v) is 6.92.